The molecule has 20 heavy (non-hydrogen) atoms. The predicted molar refractivity (Wildman–Crippen MR) is 85.5 cm³/mol. The van der Waals surface area contributed by atoms with Crippen molar-refractivity contribution < 1.29 is 5.11 Å². The van der Waals surface area contributed by atoms with Crippen LogP contribution >= 0.6 is 11.8 Å². The Balaban J connectivity index is 2.00. The van der Waals surface area contributed by atoms with Crippen LogP contribution in [0.1, 0.15) is 51.0 Å². The molecule has 4 nitrogen and oxygen atoms in total. The van der Waals surface area contributed by atoms with Gasteiger partial charge in [0.25, 0.3) is 0 Å². The molecule has 1 aliphatic rings. The molecule has 0 radical (unpaired) electrons. The van der Waals surface area contributed by atoms with E-state index >= 15 is 0 Å². The molecule has 1 heterocycles. The van der Waals surface area contributed by atoms with Gasteiger partial charge in [0.15, 0.2) is 0 Å². The van der Waals surface area contributed by atoms with Crippen molar-refractivity contribution in [1.82, 2.24) is 9.97 Å². The molecule has 0 bridgehead atoms. The van der Waals surface area contributed by atoms with Gasteiger partial charge in [0.2, 0.25) is 0 Å². The lowest BCUT2D eigenvalue weighted by molar-refractivity contribution is -0.0120. The second-order valence-electron chi connectivity index (χ2n) is 5.85. The molecule has 1 saturated carbocycles. The first-order chi connectivity index (χ1) is 9.44. The summed E-state index contributed by atoms with van der Waals surface area (Å²) in [5.41, 5.74) is 0.378. The summed E-state index contributed by atoms with van der Waals surface area (Å²) in [6.45, 7) is 8.86. The zero-order valence-electron chi connectivity index (χ0n) is 12.8. The second-order valence-corrected chi connectivity index (χ2v) is 7.33. The van der Waals surface area contributed by atoms with Crippen molar-refractivity contribution in [2.24, 2.45) is 0 Å². The van der Waals surface area contributed by atoms with E-state index in [4.69, 9.17) is 0 Å². The largest absolute Gasteiger partial charge is 0.387 e. The highest BCUT2D eigenvalue weighted by molar-refractivity contribution is 8.00. The number of thioether (sulfide) groups is 1. The minimum Gasteiger partial charge on any atom is -0.387 e. The maximum Gasteiger partial charge on any atom is 0.133 e. The number of hydrogen-bond acceptors (Lipinski definition) is 5. The number of hydrogen-bond donors (Lipinski definition) is 2. The highest BCUT2D eigenvalue weighted by atomic mass is 32.2. The average Bonchev–Trinajstić information content (AvgIpc) is 2.40. The monoisotopic (exact) mass is 295 g/mol. The normalized spacial score (nSPS) is 25.6. The Hall–Kier alpha value is -0.810. The molecular weight excluding hydrogens is 270 g/mol. The van der Waals surface area contributed by atoms with E-state index in [9.17, 15) is 5.11 Å². The Morgan fingerprint density at radius 1 is 1.50 bits per heavy atom. The van der Waals surface area contributed by atoms with Crippen LogP contribution < -0.4 is 5.32 Å². The zero-order chi connectivity index (χ0) is 14.8. The molecule has 2 unspecified atom stereocenters. The third-order valence-corrected chi connectivity index (χ3v) is 5.18. The van der Waals surface area contributed by atoms with Crippen LogP contribution in [0.5, 0.6) is 0 Å². The Morgan fingerprint density at radius 2 is 2.25 bits per heavy atom. The van der Waals surface area contributed by atoms with E-state index in [2.05, 4.69) is 36.1 Å². The topological polar surface area (TPSA) is 58.0 Å². The summed E-state index contributed by atoms with van der Waals surface area (Å²) in [5, 5.41) is 14.2. The number of anilines is 1. The fourth-order valence-corrected chi connectivity index (χ4v) is 3.62. The molecule has 2 atom stereocenters. The quantitative estimate of drug-likeness (QED) is 0.845. The summed E-state index contributed by atoms with van der Waals surface area (Å²) >= 11 is 1.85. The van der Waals surface area contributed by atoms with Crippen molar-refractivity contribution in [3.05, 3.63) is 17.6 Å². The SMILES string of the molecule is CCSC1CCC1(O)CNc1cc(C)nc(C(C)C)n1. The third-order valence-electron chi connectivity index (χ3n) is 3.77. The number of nitrogens with one attached hydrogen (secondary N) is 1. The zero-order valence-corrected chi connectivity index (χ0v) is 13.6. The molecule has 0 aliphatic heterocycles. The molecule has 1 aromatic rings. The van der Waals surface area contributed by atoms with Gasteiger partial charge in [-0.2, -0.15) is 11.8 Å². The van der Waals surface area contributed by atoms with Gasteiger partial charge >= 0.3 is 0 Å². The van der Waals surface area contributed by atoms with Crippen LogP contribution in [0.15, 0.2) is 6.07 Å². The first-order valence-corrected chi connectivity index (χ1v) is 8.43. The van der Waals surface area contributed by atoms with Gasteiger partial charge in [-0.05, 0) is 25.5 Å². The predicted octanol–water partition coefficient (Wildman–Crippen LogP) is 2.97. The Kier molecular flexibility index (Phi) is 4.91. The summed E-state index contributed by atoms with van der Waals surface area (Å²) in [6.07, 6.45) is 1.98. The van der Waals surface area contributed by atoms with Crippen LogP contribution in [0, 0.1) is 6.92 Å². The fraction of sp³-hybridized carbons (Fsp3) is 0.733. The first kappa shape index (κ1) is 15.6. The molecule has 2 N–H and O–H groups in total. The molecule has 2 rings (SSSR count). The number of rotatable bonds is 6. The summed E-state index contributed by atoms with van der Waals surface area (Å²) in [4.78, 5) is 8.96. The standard InChI is InChI=1S/C15H25N3OS/c1-5-20-12-6-7-15(12,19)9-16-13-8-11(4)17-14(18-13)10(2)3/h8,10,12,19H,5-7,9H2,1-4H3,(H,16,17,18). The third kappa shape index (κ3) is 3.44. The lowest BCUT2D eigenvalue weighted by atomic mass is 9.79. The van der Waals surface area contributed by atoms with E-state index in [0.29, 0.717) is 17.7 Å². The van der Waals surface area contributed by atoms with Crippen molar-refractivity contribution in [3.8, 4) is 0 Å². The van der Waals surface area contributed by atoms with Crippen LogP contribution in [0.4, 0.5) is 5.82 Å². The molecule has 0 amide bonds. The molecule has 0 aromatic carbocycles. The van der Waals surface area contributed by atoms with Crippen molar-refractivity contribution in [2.45, 2.75) is 57.3 Å². The van der Waals surface area contributed by atoms with E-state index in [1.165, 1.54) is 0 Å². The fourth-order valence-electron chi connectivity index (χ4n) is 2.42. The van der Waals surface area contributed by atoms with Gasteiger partial charge in [-0.25, -0.2) is 9.97 Å². The number of aromatic nitrogens is 2. The maximum absolute atomic E-state index is 10.6. The summed E-state index contributed by atoms with van der Waals surface area (Å²) in [6, 6.07) is 1.94. The van der Waals surface area contributed by atoms with Gasteiger partial charge in [-0.15, -0.1) is 0 Å². The highest BCUT2D eigenvalue weighted by Gasteiger charge is 2.45. The minimum atomic E-state index is -0.586. The molecule has 1 aliphatic carbocycles. The Labute approximate surface area is 125 Å². The van der Waals surface area contributed by atoms with Crippen molar-refractivity contribution in [3.63, 3.8) is 0 Å². The van der Waals surface area contributed by atoms with E-state index in [0.717, 1.165) is 35.9 Å². The van der Waals surface area contributed by atoms with Gasteiger partial charge in [0.05, 0.1) is 5.60 Å². The van der Waals surface area contributed by atoms with Crippen LogP contribution in [-0.4, -0.2) is 38.2 Å². The van der Waals surface area contributed by atoms with E-state index in [1.807, 2.05) is 24.8 Å². The first-order valence-electron chi connectivity index (χ1n) is 7.38. The van der Waals surface area contributed by atoms with E-state index < -0.39 is 5.60 Å². The van der Waals surface area contributed by atoms with Crippen LogP contribution in [0.2, 0.25) is 0 Å². The van der Waals surface area contributed by atoms with Crippen molar-refractivity contribution in [1.29, 1.82) is 0 Å². The Bertz CT molecular complexity index is 466. The van der Waals surface area contributed by atoms with E-state index in [1.54, 1.807) is 0 Å². The molecule has 0 spiro atoms. The lowest BCUT2D eigenvalue weighted by Gasteiger charge is -2.45. The van der Waals surface area contributed by atoms with E-state index in [-0.39, 0.29) is 0 Å². The average molecular weight is 295 g/mol. The minimum absolute atomic E-state index is 0.311. The summed E-state index contributed by atoms with van der Waals surface area (Å²) in [5.74, 6) is 3.04. The van der Waals surface area contributed by atoms with Crippen molar-refractivity contribution in [2.75, 3.05) is 17.6 Å². The summed E-state index contributed by atoms with van der Waals surface area (Å²) < 4.78 is 0. The summed E-state index contributed by atoms with van der Waals surface area (Å²) in [7, 11) is 0. The lowest BCUT2D eigenvalue weighted by Crippen LogP contribution is -2.54. The number of nitrogens with zero attached hydrogens (tertiary/aromatic N) is 2. The Morgan fingerprint density at radius 3 is 2.80 bits per heavy atom. The van der Waals surface area contributed by atoms with Gasteiger partial charge in [0, 0.05) is 29.5 Å². The molecule has 0 saturated heterocycles. The molecule has 112 valence electrons. The van der Waals surface area contributed by atoms with Gasteiger partial charge in [0.1, 0.15) is 11.6 Å². The van der Waals surface area contributed by atoms with Crippen LogP contribution in [0.3, 0.4) is 0 Å². The van der Waals surface area contributed by atoms with Crippen molar-refractivity contribution >= 4 is 17.6 Å². The van der Waals surface area contributed by atoms with Gasteiger partial charge < -0.3 is 10.4 Å². The van der Waals surface area contributed by atoms with Crippen LogP contribution in [0.25, 0.3) is 0 Å². The molecular formula is C15H25N3OS. The van der Waals surface area contributed by atoms with Crippen LogP contribution in [-0.2, 0) is 0 Å². The second kappa shape index (κ2) is 6.31. The van der Waals surface area contributed by atoms with Gasteiger partial charge in [-0.3, -0.25) is 0 Å². The molecule has 1 aromatic heterocycles. The number of aryl methyl sites for hydroxylation is 1. The maximum atomic E-state index is 10.6. The van der Waals surface area contributed by atoms with Gasteiger partial charge in [-0.1, -0.05) is 20.8 Å². The molecule has 1 fully saturated rings. The smallest absolute Gasteiger partial charge is 0.133 e. The number of aliphatic hydroxyl groups is 1. The molecule has 5 heteroatoms. The highest BCUT2D eigenvalue weighted by Crippen LogP contribution is 2.41.